The molecule has 0 saturated carbocycles. The SMILES string of the molecule is NCCc1cccc(-c2nnc3ccc(Br)cn23)c1. The lowest BCUT2D eigenvalue weighted by atomic mass is 10.1. The topological polar surface area (TPSA) is 56.2 Å². The highest BCUT2D eigenvalue weighted by Crippen LogP contribution is 2.21. The highest BCUT2D eigenvalue weighted by atomic mass is 79.9. The Bertz CT molecular complexity index is 720. The summed E-state index contributed by atoms with van der Waals surface area (Å²) >= 11 is 3.47. The molecule has 96 valence electrons. The highest BCUT2D eigenvalue weighted by Gasteiger charge is 2.08. The van der Waals surface area contributed by atoms with E-state index in [9.17, 15) is 0 Å². The molecule has 3 aromatic rings. The summed E-state index contributed by atoms with van der Waals surface area (Å²) in [4.78, 5) is 0. The third-order valence-electron chi connectivity index (χ3n) is 2.98. The van der Waals surface area contributed by atoms with Crippen LogP contribution in [0, 0.1) is 0 Å². The molecule has 5 heteroatoms. The van der Waals surface area contributed by atoms with E-state index in [2.05, 4.69) is 38.3 Å². The Morgan fingerprint density at radius 2 is 2.05 bits per heavy atom. The molecule has 0 bridgehead atoms. The Labute approximate surface area is 119 Å². The first-order valence-corrected chi connectivity index (χ1v) is 6.87. The summed E-state index contributed by atoms with van der Waals surface area (Å²) in [5.74, 6) is 0.843. The van der Waals surface area contributed by atoms with Gasteiger partial charge in [-0.25, -0.2) is 0 Å². The summed E-state index contributed by atoms with van der Waals surface area (Å²) in [5.41, 5.74) is 8.70. The van der Waals surface area contributed by atoms with Gasteiger partial charge < -0.3 is 5.73 Å². The molecule has 0 unspecified atom stereocenters. The lowest BCUT2D eigenvalue weighted by Gasteiger charge is -2.03. The van der Waals surface area contributed by atoms with Crippen LogP contribution < -0.4 is 5.73 Å². The number of nitrogens with zero attached hydrogens (tertiary/aromatic N) is 3. The Hall–Kier alpha value is -1.72. The van der Waals surface area contributed by atoms with E-state index in [4.69, 9.17) is 5.73 Å². The quantitative estimate of drug-likeness (QED) is 0.808. The molecule has 19 heavy (non-hydrogen) atoms. The van der Waals surface area contributed by atoms with E-state index < -0.39 is 0 Å². The molecule has 0 fully saturated rings. The molecular weight excluding hydrogens is 304 g/mol. The number of hydrogen-bond acceptors (Lipinski definition) is 3. The molecule has 3 rings (SSSR count). The van der Waals surface area contributed by atoms with Gasteiger partial charge in [-0.05, 0) is 52.7 Å². The molecule has 0 aliphatic carbocycles. The van der Waals surface area contributed by atoms with Crippen LogP contribution >= 0.6 is 15.9 Å². The standard InChI is InChI=1S/C14H13BrN4/c15-12-4-5-13-17-18-14(19(13)9-12)11-3-1-2-10(8-11)6-7-16/h1-5,8-9H,6-7,16H2. The van der Waals surface area contributed by atoms with Gasteiger partial charge in [0.1, 0.15) is 0 Å². The summed E-state index contributed by atoms with van der Waals surface area (Å²) in [7, 11) is 0. The maximum Gasteiger partial charge on any atom is 0.168 e. The van der Waals surface area contributed by atoms with Crippen LogP contribution in [0.25, 0.3) is 17.0 Å². The van der Waals surface area contributed by atoms with Gasteiger partial charge in [0, 0.05) is 16.2 Å². The van der Waals surface area contributed by atoms with Crippen molar-refractivity contribution in [1.82, 2.24) is 14.6 Å². The van der Waals surface area contributed by atoms with E-state index in [1.54, 1.807) is 0 Å². The summed E-state index contributed by atoms with van der Waals surface area (Å²) in [5, 5.41) is 8.45. The van der Waals surface area contributed by atoms with Gasteiger partial charge in [-0.2, -0.15) is 0 Å². The average Bonchev–Trinajstić information content (AvgIpc) is 2.82. The lowest BCUT2D eigenvalue weighted by molar-refractivity contribution is 0.968. The van der Waals surface area contributed by atoms with E-state index in [0.717, 1.165) is 27.9 Å². The van der Waals surface area contributed by atoms with Crippen molar-refractivity contribution in [3.63, 3.8) is 0 Å². The molecular formula is C14H13BrN4. The maximum absolute atomic E-state index is 5.60. The highest BCUT2D eigenvalue weighted by molar-refractivity contribution is 9.10. The molecule has 2 aromatic heterocycles. The Kier molecular flexibility index (Phi) is 3.31. The number of aromatic nitrogens is 3. The minimum Gasteiger partial charge on any atom is -0.330 e. The van der Waals surface area contributed by atoms with Gasteiger partial charge in [-0.1, -0.05) is 18.2 Å². The van der Waals surface area contributed by atoms with Crippen molar-refractivity contribution in [2.75, 3.05) is 6.54 Å². The van der Waals surface area contributed by atoms with Crippen LogP contribution in [-0.2, 0) is 6.42 Å². The molecule has 0 aliphatic heterocycles. The Balaban J connectivity index is 2.13. The predicted molar refractivity (Wildman–Crippen MR) is 78.9 cm³/mol. The van der Waals surface area contributed by atoms with Gasteiger partial charge in [0.2, 0.25) is 0 Å². The Morgan fingerprint density at radius 3 is 2.89 bits per heavy atom. The minimum atomic E-state index is 0.648. The summed E-state index contributed by atoms with van der Waals surface area (Å²) < 4.78 is 2.98. The van der Waals surface area contributed by atoms with Gasteiger partial charge in [-0.3, -0.25) is 4.40 Å². The summed E-state index contributed by atoms with van der Waals surface area (Å²) in [6.07, 6.45) is 2.84. The summed E-state index contributed by atoms with van der Waals surface area (Å²) in [6, 6.07) is 12.2. The van der Waals surface area contributed by atoms with Gasteiger partial charge in [0.25, 0.3) is 0 Å². The molecule has 0 aliphatic rings. The maximum atomic E-state index is 5.60. The summed E-state index contributed by atoms with van der Waals surface area (Å²) in [6.45, 7) is 0.648. The third-order valence-corrected chi connectivity index (χ3v) is 3.45. The molecule has 1 aromatic carbocycles. The van der Waals surface area contributed by atoms with E-state index in [1.165, 1.54) is 5.56 Å². The molecule has 0 saturated heterocycles. The second-order valence-electron chi connectivity index (χ2n) is 4.34. The smallest absolute Gasteiger partial charge is 0.168 e. The van der Waals surface area contributed by atoms with Crippen LogP contribution in [0.4, 0.5) is 0 Å². The van der Waals surface area contributed by atoms with Gasteiger partial charge in [0.15, 0.2) is 11.5 Å². The molecule has 0 spiro atoms. The van der Waals surface area contributed by atoms with Gasteiger partial charge in [-0.15, -0.1) is 10.2 Å². The molecule has 0 radical (unpaired) electrons. The zero-order chi connectivity index (χ0) is 13.2. The number of nitrogens with two attached hydrogens (primary N) is 1. The number of pyridine rings is 1. The zero-order valence-electron chi connectivity index (χ0n) is 10.3. The first-order chi connectivity index (χ1) is 9.28. The van der Waals surface area contributed by atoms with Crippen LogP contribution in [0.15, 0.2) is 47.1 Å². The van der Waals surface area contributed by atoms with Crippen LogP contribution in [0.2, 0.25) is 0 Å². The zero-order valence-corrected chi connectivity index (χ0v) is 11.8. The number of benzene rings is 1. The predicted octanol–water partition coefficient (Wildman–Crippen LogP) is 2.66. The number of hydrogen-bond donors (Lipinski definition) is 1. The monoisotopic (exact) mass is 316 g/mol. The fraction of sp³-hybridized carbons (Fsp3) is 0.143. The van der Waals surface area contributed by atoms with E-state index in [1.807, 2.05) is 34.9 Å². The third kappa shape index (κ3) is 2.39. The van der Waals surface area contributed by atoms with E-state index >= 15 is 0 Å². The fourth-order valence-electron chi connectivity index (χ4n) is 2.09. The normalized spacial score (nSPS) is 11.1. The van der Waals surface area contributed by atoms with Crippen molar-refractivity contribution in [3.05, 3.63) is 52.6 Å². The molecule has 0 amide bonds. The number of rotatable bonds is 3. The van der Waals surface area contributed by atoms with Crippen molar-refractivity contribution < 1.29 is 0 Å². The lowest BCUT2D eigenvalue weighted by Crippen LogP contribution is -2.02. The second kappa shape index (κ2) is 5.11. The molecule has 0 atom stereocenters. The fourth-order valence-corrected chi connectivity index (χ4v) is 2.43. The largest absolute Gasteiger partial charge is 0.330 e. The van der Waals surface area contributed by atoms with Crippen molar-refractivity contribution in [3.8, 4) is 11.4 Å². The second-order valence-corrected chi connectivity index (χ2v) is 5.25. The number of fused-ring (bicyclic) bond motifs is 1. The first-order valence-electron chi connectivity index (χ1n) is 6.07. The average molecular weight is 317 g/mol. The first kappa shape index (κ1) is 12.3. The van der Waals surface area contributed by atoms with Crippen LogP contribution in [0.3, 0.4) is 0 Å². The molecule has 2 heterocycles. The van der Waals surface area contributed by atoms with Crippen molar-refractivity contribution >= 4 is 21.6 Å². The Morgan fingerprint density at radius 1 is 1.16 bits per heavy atom. The van der Waals surface area contributed by atoms with E-state index in [-0.39, 0.29) is 0 Å². The van der Waals surface area contributed by atoms with Gasteiger partial charge in [0.05, 0.1) is 0 Å². The van der Waals surface area contributed by atoms with Crippen LogP contribution in [0.5, 0.6) is 0 Å². The number of halogens is 1. The van der Waals surface area contributed by atoms with Crippen molar-refractivity contribution in [1.29, 1.82) is 0 Å². The molecule has 2 N–H and O–H groups in total. The van der Waals surface area contributed by atoms with E-state index in [0.29, 0.717) is 6.54 Å². The minimum absolute atomic E-state index is 0.648. The van der Waals surface area contributed by atoms with Crippen LogP contribution in [0.1, 0.15) is 5.56 Å². The van der Waals surface area contributed by atoms with Crippen molar-refractivity contribution in [2.45, 2.75) is 6.42 Å². The molecule has 4 nitrogen and oxygen atoms in total. The van der Waals surface area contributed by atoms with Gasteiger partial charge >= 0.3 is 0 Å². The van der Waals surface area contributed by atoms with Crippen LogP contribution in [-0.4, -0.2) is 21.1 Å². The van der Waals surface area contributed by atoms with Crippen molar-refractivity contribution in [2.24, 2.45) is 5.73 Å².